The minimum atomic E-state index is -0.372. The molecule has 0 aliphatic heterocycles. The minimum Gasteiger partial charge on any atom is -0.264 e. The molecule has 0 amide bonds. The van der Waals surface area contributed by atoms with Crippen LogP contribution < -0.4 is 0 Å². The highest BCUT2D eigenvalue weighted by atomic mass is 79.9. The number of hydrogen-bond acceptors (Lipinski definition) is 2. The molecular weight excluding hydrogens is 377 g/mol. The Kier molecular flexibility index (Phi) is 10.0. The van der Waals surface area contributed by atoms with Gasteiger partial charge in [-0.15, -0.1) is 0 Å². The number of benzene rings is 2. The second-order valence-electron chi connectivity index (χ2n) is 3.88. The molecule has 0 N–H and O–H groups in total. The summed E-state index contributed by atoms with van der Waals surface area (Å²) in [6.07, 6.45) is 0. The summed E-state index contributed by atoms with van der Waals surface area (Å²) < 4.78 is 0. The maximum absolute atomic E-state index is 10.0. The molecule has 0 fully saturated rings. The second kappa shape index (κ2) is 10.6. The van der Waals surface area contributed by atoms with E-state index in [9.17, 15) is 10.1 Å². The van der Waals surface area contributed by atoms with Crippen LogP contribution in [-0.2, 0) is 11.9 Å². The summed E-state index contributed by atoms with van der Waals surface area (Å²) in [5.74, 6) is 0. The molecule has 3 nitrogen and oxygen atoms in total. The molecule has 6 heteroatoms. The van der Waals surface area contributed by atoms with Gasteiger partial charge in [-0.1, -0.05) is 70.8 Å². The molecule has 0 atom stereocenters. The van der Waals surface area contributed by atoms with Gasteiger partial charge in [-0.05, 0) is 29.8 Å². The highest BCUT2D eigenvalue weighted by Crippen LogP contribution is 2.11. The van der Waals surface area contributed by atoms with Gasteiger partial charge in [0.15, 0.2) is 0 Å². The van der Waals surface area contributed by atoms with E-state index in [1.165, 1.54) is 5.56 Å². The molecule has 2 rings (SSSR count). The molecule has 0 bridgehead atoms. The number of nitro groups is 1. The Morgan fingerprint density at radius 3 is 1.62 bits per heavy atom. The first kappa shape index (κ1) is 19.9. The Morgan fingerprint density at radius 1 is 0.905 bits per heavy atom. The summed E-state index contributed by atoms with van der Waals surface area (Å²) in [6, 6.07) is 14.3. The van der Waals surface area contributed by atoms with Gasteiger partial charge in [-0.25, -0.2) is 0 Å². The fourth-order valence-electron chi connectivity index (χ4n) is 1.31. The van der Waals surface area contributed by atoms with Crippen molar-refractivity contribution >= 4 is 39.1 Å². The summed E-state index contributed by atoms with van der Waals surface area (Å²) in [5, 5.41) is 12.3. The van der Waals surface area contributed by atoms with Crippen LogP contribution in [0.1, 0.15) is 18.6 Å². The molecule has 2 aromatic carbocycles. The third-order valence-electron chi connectivity index (χ3n) is 2.29. The zero-order chi connectivity index (χ0) is 15.0. The van der Waals surface area contributed by atoms with E-state index in [1.54, 1.807) is 24.3 Å². The van der Waals surface area contributed by atoms with Crippen molar-refractivity contribution in [3.8, 4) is 0 Å². The number of nitrogens with zero attached hydrogens (tertiary/aromatic N) is 1. The molecule has 114 valence electrons. The Bertz CT molecular complexity index is 545. The van der Waals surface area contributed by atoms with Crippen molar-refractivity contribution in [2.24, 2.45) is 0 Å². The quantitative estimate of drug-likeness (QED) is 0.365. The van der Waals surface area contributed by atoms with E-state index in [-0.39, 0.29) is 18.9 Å². The zero-order valence-corrected chi connectivity index (χ0v) is 13.5. The maximum Gasteiger partial charge on any atom is 0.228 e. The molecule has 0 aromatic heterocycles. The Labute approximate surface area is 143 Å². The average molecular weight is 393 g/mol. The largest absolute Gasteiger partial charge is 0.264 e. The van der Waals surface area contributed by atoms with Crippen LogP contribution in [-0.4, -0.2) is 4.92 Å². The summed E-state index contributed by atoms with van der Waals surface area (Å²) >= 11 is 14.6. The van der Waals surface area contributed by atoms with Crippen LogP contribution >= 0.6 is 39.1 Å². The molecular formula is C15H16BrCl2NO2. The molecule has 21 heavy (non-hydrogen) atoms. The van der Waals surface area contributed by atoms with Crippen molar-refractivity contribution < 1.29 is 4.92 Å². The molecule has 0 spiro atoms. The Morgan fingerprint density at radius 2 is 1.29 bits per heavy atom. The van der Waals surface area contributed by atoms with Gasteiger partial charge in [0.05, 0.1) is 0 Å². The topological polar surface area (TPSA) is 43.1 Å². The predicted octanol–water partition coefficient (Wildman–Crippen LogP) is 5.99. The van der Waals surface area contributed by atoms with Crippen LogP contribution in [0.4, 0.5) is 0 Å². The Hall–Kier alpha value is -1.10. The van der Waals surface area contributed by atoms with Crippen molar-refractivity contribution in [3.63, 3.8) is 0 Å². The third kappa shape index (κ3) is 8.71. The van der Waals surface area contributed by atoms with Gasteiger partial charge in [-0.2, -0.15) is 0 Å². The van der Waals surface area contributed by atoms with E-state index < -0.39 is 0 Å². The predicted molar refractivity (Wildman–Crippen MR) is 93.0 cm³/mol. The van der Waals surface area contributed by atoms with E-state index in [1.807, 2.05) is 24.3 Å². The van der Waals surface area contributed by atoms with Crippen LogP contribution in [0.2, 0.25) is 10.0 Å². The van der Waals surface area contributed by atoms with Gasteiger partial charge >= 0.3 is 0 Å². The van der Waals surface area contributed by atoms with Crippen LogP contribution in [0.3, 0.4) is 0 Å². The third-order valence-corrected chi connectivity index (χ3v) is 3.44. The minimum absolute atomic E-state index is 0. The highest BCUT2D eigenvalue weighted by Gasteiger charge is 1.99. The number of rotatable bonds is 3. The van der Waals surface area contributed by atoms with Crippen LogP contribution in [0, 0.1) is 10.1 Å². The van der Waals surface area contributed by atoms with Crippen molar-refractivity contribution in [2.75, 3.05) is 0 Å². The molecule has 0 aliphatic carbocycles. The van der Waals surface area contributed by atoms with E-state index >= 15 is 0 Å². The first-order valence-electron chi connectivity index (χ1n) is 5.68. The molecule has 0 radical (unpaired) electrons. The van der Waals surface area contributed by atoms with Gasteiger partial charge in [0.25, 0.3) is 0 Å². The number of alkyl halides is 1. The first-order chi connectivity index (χ1) is 9.51. The fourth-order valence-corrected chi connectivity index (χ4v) is 1.94. The SMILES string of the molecule is C.Clc1ccc(CBr)cc1.O=[N+]([O-])Cc1ccc(Cl)cc1. The van der Waals surface area contributed by atoms with Gasteiger partial charge in [0.1, 0.15) is 0 Å². The zero-order valence-electron chi connectivity index (χ0n) is 10.4. The molecule has 0 saturated heterocycles. The van der Waals surface area contributed by atoms with Gasteiger partial charge in [0, 0.05) is 25.9 Å². The van der Waals surface area contributed by atoms with Crippen LogP contribution in [0.15, 0.2) is 48.5 Å². The summed E-state index contributed by atoms with van der Waals surface area (Å²) in [7, 11) is 0. The lowest BCUT2D eigenvalue weighted by molar-refractivity contribution is -0.496. The van der Waals surface area contributed by atoms with Crippen molar-refractivity contribution in [2.45, 2.75) is 19.3 Å². The van der Waals surface area contributed by atoms with E-state index in [4.69, 9.17) is 23.2 Å². The van der Waals surface area contributed by atoms with E-state index in [0.717, 1.165) is 10.4 Å². The second-order valence-corrected chi connectivity index (χ2v) is 5.31. The standard InChI is InChI=1S/C7H6BrCl.C7H6ClNO2.CH4/c8-5-6-1-3-7(9)4-2-6;8-7-3-1-6(2-4-7)5-9(10)11;/h1-4H,5H2;1-4H,5H2;1H4. The lowest BCUT2D eigenvalue weighted by Crippen LogP contribution is -1.97. The van der Waals surface area contributed by atoms with E-state index in [0.29, 0.717) is 10.6 Å². The number of halogens is 3. The van der Waals surface area contributed by atoms with Gasteiger partial charge < -0.3 is 0 Å². The normalized spacial score (nSPS) is 9.10. The van der Waals surface area contributed by atoms with Gasteiger partial charge in [-0.3, -0.25) is 10.1 Å². The van der Waals surface area contributed by atoms with Crippen LogP contribution in [0.5, 0.6) is 0 Å². The lowest BCUT2D eigenvalue weighted by Gasteiger charge is -1.93. The lowest BCUT2D eigenvalue weighted by atomic mass is 10.2. The molecule has 0 aliphatic rings. The van der Waals surface area contributed by atoms with Crippen molar-refractivity contribution in [3.05, 3.63) is 79.8 Å². The Balaban J connectivity index is 0.000000370. The average Bonchev–Trinajstić information content (AvgIpc) is 2.43. The highest BCUT2D eigenvalue weighted by molar-refractivity contribution is 9.08. The molecule has 0 unspecified atom stereocenters. The van der Waals surface area contributed by atoms with Crippen molar-refractivity contribution in [1.82, 2.24) is 0 Å². The van der Waals surface area contributed by atoms with Gasteiger partial charge in [0.2, 0.25) is 6.54 Å². The van der Waals surface area contributed by atoms with Crippen molar-refractivity contribution in [1.29, 1.82) is 0 Å². The summed E-state index contributed by atoms with van der Waals surface area (Å²) in [4.78, 5) is 9.65. The summed E-state index contributed by atoms with van der Waals surface area (Å²) in [6.45, 7) is -0.142. The summed E-state index contributed by atoms with van der Waals surface area (Å²) in [5.41, 5.74) is 1.92. The molecule has 2 aromatic rings. The smallest absolute Gasteiger partial charge is 0.228 e. The monoisotopic (exact) mass is 391 g/mol. The fraction of sp³-hybridized carbons (Fsp3) is 0.200. The van der Waals surface area contributed by atoms with E-state index in [2.05, 4.69) is 15.9 Å². The number of hydrogen-bond donors (Lipinski definition) is 0. The maximum atomic E-state index is 10.0. The molecule has 0 heterocycles. The molecule has 0 saturated carbocycles. The first-order valence-corrected chi connectivity index (χ1v) is 7.55. The van der Waals surface area contributed by atoms with Crippen LogP contribution in [0.25, 0.3) is 0 Å².